The molecule has 0 aliphatic carbocycles. The number of benzene rings is 1. The van der Waals surface area contributed by atoms with Gasteiger partial charge in [-0.1, -0.05) is 6.92 Å². The summed E-state index contributed by atoms with van der Waals surface area (Å²) in [6, 6.07) is 2.83. The van der Waals surface area contributed by atoms with Gasteiger partial charge in [0.2, 0.25) is 10.9 Å². The molecular weight excluding hydrogens is 486 g/mol. The number of thiol groups is 1. The molecule has 3 rings (SSSR count). The minimum absolute atomic E-state index is 0.0155. The van der Waals surface area contributed by atoms with E-state index < -0.39 is 64.0 Å². The number of likely N-dealkylation sites (tertiary alicyclic amines) is 1. The van der Waals surface area contributed by atoms with Crippen molar-refractivity contribution in [1.82, 2.24) is 9.47 Å². The number of aryl methyl sites for hydroxylation is 2. The van der Waals surface area contributed by atoms with Crippen molar-refractivity contribution in [2.45, 2.75) is 26.8 Å². The summed E-state index contributed by atoms with van der Waals surface area (Å²) < 4.78 is 60.6. The summed E-state index contributed by atoms with van der Waals surface area (Å²) in [6.45, 7) is 4.16. The second-order valence-corrected chi connectivity index (χ2v) is 9.60. The fourth-order valence-electron chi connectivity index (χ4n) is 4.20. The molecule has 0 radical (unpaired) electrons. The third kappa shape index (κ3) is 5.10. The molecule has 0 spiro atoms. The summed E-state index contributed by atoms with van der Waals surface area (Å²) in [5, 5.41) is 12.5. The Morgan fingerprint density at radius 3 is 2.60 bits per heavy atom. The van der Waals surface area contributed by atoms with Crippen molar-refractivity contribution in [3.8, 4) is 0 Å². The lowest BCUT2D eigenvalue weighted by atomic mass is 9.86. The fourth-order valence-corrected chi connectivity index (χ4v) is 5.09. The van der Waals surface area contributed by atoms with Crippen LogP contribution in [0.15, 0.2) is 24.4 Å². The molecule has 1 saturated heterocycles. The van der Waals surface area contributed by atoms with E-state index in [4.69, 9.17) is 4.74 Å². The number of rotatable bonds is 7. The van der Waals surface area contributed by atoms with Crippen LogP contribution in [0.2, 0.25) is 0 Å². The monoisotopic (exact) mass is 514 g/mol. The van der Waals surface area contributed by atoms with Crippen LogP contribution in [0.25, 0.3) is 0 Å². The van der Waals surface area contributed by atoms with Gasteiger partial charge in [0.1, 0.15) is 17.2 Å². The van der Waals surface area contributed by atoms with Crippen LogP contribution in [0.1, 0.15) is 29.9 Å². The molecule has 2 heterocycles. The summed E-state index contributed by atoms with van der Waals surface area (Å²) in [7, 11) is -2.06. The molecule has 1 aromatic carbocycles. The van der Waals surface area contributed by atoms with Gasteiger partial charge in [0.25, 0.3) is 5.91 Å². The molecule has 2 aromatic rings. The van der Waals surface area contributed by atoms with Crippen molar-refractivity contribution < 1.29 is 36.6 Å². The number of aliphatic hydroxyl groups is 1. The number of anilines is 2. The number of hydrogen-bond acceptors (Lipinski definition) is 6. The molecule has 2 unspecified atom stereocenters. The average Bonchev–Trinajstić information content (AvgIpc) is 3.28. The largest absolute Gasteiger partial charge is 0.450 e. The van der Waals surface area contributed by atoms with Crippen molar-refractivity contribution in [1.29, 1.82) is 0 Å². The zero-order valence-electron chi connectivity index (χ0n) is 19.7. The van der Waals surface area contributed by atoms with Crippen LogP contribution in [-0.4, -0.2) is 67.3 Å². The first-order valence-electron chi connectivity index (χ1n) is 10.8. The van der Waals surface area contributed by atoms with Crippen LogP contribution < -0.4 is 9.62 Å². The number of nitrogens with zero attached hydrogens (tertiary/aromatic N) is 3. The molecule has 2 N–H and O–H groups in total. The van der Waals surface area contributed by atoms with Gasteiger partial charge in [-0.2, -0.15) is 0 Å². The summed E-state index contributed by atoms with van der Waals surface area (Å²) in [6.07, 6.45) is 0.467. The Balaban J connectivity index is 1.97. The minimum Gasteiger partial charge on any atom is -0.450 e. The molecular formula is C22H28F2N4O6S. The number of carbonyl (C=O) groups excluding carboxylic acids is 2. The van der Waals surface area contributed by atoms with Gasteiger partial charge in [-0.3, -0.25) is 9.10 Å². The van der Waals surface area contributed by atoms with Gasteiger partial charge in [-0.15, -0.1) is 0 Å². The second-order valence-electron chi connectivity index (χ2n) is 8.70. The van der Waals surface area contributed by atoms with E-state index in [1.165, 1.54) is 31.0 Å². The van der Waals surface area contributed by atoms with Gasteiger partial charge < -0.3 is 24.6 Å². The summed E-state index contributed by atoms with van der Waals surface area (Å²) in [4.78, 5) is 26.3. The van der Waals surface area contributed by atoms with Gasteiger partial charge in [0.05, 0.1) is 19.3 Å². The van der Waals surface area contributed by atoms with Gasteiger partial charge in [0.15, 0.2) is 5.82 Å². The predicted molar refractivity (Wildman–Crippen MR) is 125 cm³/mol. The zero-order valence-corrected chi connectivity index (χ0v) is 20.6. The molecule has 2 amide bonds. The third-order valence-corrected chi connectivity index (χ3v) is 6.93. The molecule has 192 valence electrons. The lowest BCUT2D eigenvalue weighted by Crippen LogP contribution is -2.47. The third-order valence-electron chi connectivity index (χ3n) is 6.09. The van der Waals surface area contributed by atoms with Crippen LogP contribution in [0.3, 0.4) is 0 Å². The Hall–Kier alpha value is -3.19. The average molecular weight is 515 g/mol. The Morgan fingerprint density at radius 2 is 2.03 bits per heavy atom. The standard InChI is InChI=1S/C22H28F2N4O6S/c1-5-34-21(31)27-10-17(22(3,11-27)12-29)28(35(32)33)16-9-26(4)19(18(16)24)20(30)25-14-6-7-15(23)13(2)8-14/h6-9,17,29,35H,5,10-12H2,1-4H3,(H,25,30). The highest BCUT2D eigenvalue weighted by Crippen LogP contribution is 2.38. The van der Waals surface area contributed by atoms with E-state index in [1.54, 1.807) is 13.8 Å². The van der Waals surface area contributed by atoms with E-state index in [1.807, 2.05) is 0 Å². The number of halogens is 2. The van der Waals surface area contributed by atoms with E-state index in [9.17, 15) is 27.5 Å². The highest BCUT2D eigenvalue weighted by molar-refractivity contribution is 7.74. The molecule has 1 aliphatic heterocycles. The molecule has 1 fully saturated rings. The first-order chi connectivity index (χ1) is 16.4. The van der Waals surface area contributed by atoms with Crippen LogP contribution in [0, 0.1) is 24.0 Å². The van der Waals surface area contributed by atoms with Crippen molar-refractivity contribution >= 4 is 34.3 Å². The Kier molecular flexibility index (Phi) is 7.70. The van der Waals surface area contributed by atoms with Gasteiger partial charge >= 0.3 is 6.09 Å². The van der Waals surface area contributed by atoms with E-state index in [-0.39, 0.29) is 30.9 Å². The van der Waals surface area contributed by atoms with Crippen molar-refractivity contribution in [3.63, 3.8) is 0 Å². The Morgan fingerprint density at radius 1 is 1.34 bits per heavy atom. The van der Waals surface area contributed by atoms with Gasteiger partial charge in [0, 0.05) is 37.4 Å². The van der Waals surface area contributed by atoms with E-state index >= 15 is 4.39 Å². The predicted octanol–water partition coefficient (Wildman–Crippen LogP) is 2.04. The summed E-state index contributed by atoms with van der Waals surface area (Å²) >= 11 is 0. The summed E-state index contributed by atoms with van der Waals surface area (Å²) in [5.74, 6) is -2.43. The van der Waals surface area contributed by atoms with Gasteiger partial charge in [-0.25, -0.2) is 22.0 Å². The Bertz CT molecular complexity index is 1210. The van der Waals surface area contributed by atoms with Crippen molar-refractivity contribution in [2.24, 2.45) is 12.5 Å². The number of carbonyl (C=O) groups is 2. The lowest BCUT2D eigenvalue weighted by molar-refractivity contribution is 0.100. The quantitative estimate of drug-likeness (QED) is 0.487. The van der Waals surface area contributed by atoms with Crippen LogP contribution in [0.4, 0.5) is 25.0 Å². The lowest BCUT2D eigenvalue weighted by Gasteiger charge is -2.34. The summed E-state index contributed by atoms with van der Waals surface area (Å²) in [5.41, 5.74) is -1.47. The first-order valence-corrected chi connectivity index (χ1v) is 11.9. The number of ether oxygens (including phenoxy) is 1. The maximum absolute atomic E-state index is 15.6. The van der Waals surface area contributed by atoms with E-state index in [0.717, 1.165) is 21.1 Å². The van der Waals surface area contributed by atoms with Crippen LogP contribution in [-0.2, 0) is 22.7 Å². The molecule has 1 aromatic heterocycles. The molecule has 2 atom stereocenters. The van der Waals surface area contributed by atoms with Crippen LogP contribution in [0.5, 0.6) is 0 Å². The highest BCUT2D eigenvalue weighted by atomic mass is 32.2. The normalized spacial score (nSPS) is 19.8. The number of aliphatic hydroxyl groups excluding tert-OH is 1. The molecule has 0 bridgehead atoms. The van der Waals surface area contributed by atoms with Crippen molar-refractivity contribution in [3.05, 3.63) is 47.3 Å². The second kappa shape index (κ2) is 10.2. The molecule has 1 aliphatic rings. The molecule has 10 nitrogen and oxygen atoms in total. The topological polar surface area (TPSA) is 121 Å². The highest BCUT2D eigenvalue weighted by Gasteiger charge is 2.49. The number of aromatic nitrogens is 1. The smallest absolute Gasteiger partial charge is 0.409 e. The number of amides is 2. The first kappa shape index (κ1) is 26.4. The van der Waals surface area contributed by atoms with Crippen LogP contribution >= 0.6 is 0 Å². The maximum Gasteiger partial charge on any atom is 0.409 e. The van der Waals surface area contributed by atoms with Gasteiger partial charge in [-0.05, 0) is 37.6 Å². The van der Waals surface area contributed by atoms with Crippen molar-refractivity contribution in [2.75, 3.05) is 35.9 Å². The van der Waals surface area contributed by atoms with E-state index in [2.05, 4.69) is 5.32 Å². The molecule has 13 heteroatoms. The number of nitrogens with one attached hydrogen (secondary N) is 1. The Labute approximate surface area is 203 Å². The minimum atomic E-state index is -3.44. The molecule has 0 saturated carbocycles. The van der Waals surface area contributed by atoms with E-state index in [0.29, 0.717) is 0 Å². The SMILES string of the molecule is CCOC(=O)N1CC(N(c2cn(C)c(C(=O)Nc3ccc(F)c(C)c3)c2F)[SH](=O)=O)C(C)(CO)C1. The number of hydrogen-bond donors (Lipinski definition) is 3. The maximum atomic E-state index is 15.6. The zero-order chi connectivity index (χ0) is 26.1. The fraction of sp³-hybridized carbons (Fsp3) is 0.455. The molecule has 35 heavy (non-hydrogen) atoms.